The average molecular weight is 251 g/mol. The van der Waals surface area contributed by atoms with Crippen molar-refractivity contribution in [3.8, 4) is 0 Å². The molecule has 6 heteroatoms. The van der Waals surface area contributed by atoms with Crippen LogP contribution in [-0.4, -0.2) is 58.0 Å². The lowest BCUT2D eigenvalue weighted by Crippen LogP contribution is -2.33. The minimum absolute atomic E-state index is 0.161. The highest BCUT2D eigenvalue weighted by atomic mass is 32.2. The Labute approximate surface area is 97.7 Å². The van der Waals surface area contributed by atoms with Crippen LogP contribution in [-0.2, 0) is 19.4 Å². The first-order chi connectivity index (χ1) is 7.39. The number of methoxy groups -OCH3 is 1. The van der Waals surface area contributed by atoms with E-state index in [1.165, 1.54) is 13.4 Å². The monoisotopic (exact) mass is 251 g/mol. The first kappa shape index (κ1) is 15.4. The Morgan fingerprint density at radius 1 is 1.31 bits per heavy atom. The van der Waals surface area contributed by atoms with Gasteiger partial charge in [-0.3, -0.25) is 9.69 Å². The van der Waals surface area contributed by atoms with Crippen molar-refractivity contribution >= 4 is 15.8 Å². The van der Waals surface area contributed by atoms with E-state index in [4.69, 9.17) is 0 Å². The van der Waals surface area contributed by atoms with Gasteiger partial charge in [0.2, 0.25) is 0 Å². The van der Waals surface area contributed by atoms with E-state index in [0.29, 0.717) is 13.0 Å². The summed E-state index contributed by atoms with van der Waals surface area (Å²) >= 11 is 0. The van der Waals surface area contributed by atoms with Crippen LogP contribution in [0.25, 0.3) is 0 Å². The topological polar surface area (TPSA) is 63.7 Å². The van der Waals surface area contributed by atoms with Gasteiger partial charge in [-0.2, -0.15) is 0 Å². The Hall–Kier alpha value is -0.620. The minimum atomic E-state index is -2.91. The molecule has 0 heterocycles. The summed E-state index contributed by atoms with van der Waals surface area (Å²) in [5.41, 5.74) is 0. The van der Waals surface area contributed by atoms with E-state index >= 15 is 0 Å². The first-order valence-corrected chi connectivity index (χ1v) is 7.42. The Morgan fingerprint density at radius 2 is 1.94 bits per heavy atom. The van der Waals surface area contributed by atoms with Gasteiger partial charge in [-0.1, -0.05) is 6.92 Å². The molecule has 0 radical (unpaired) electrons. The molecule has 0 saturated carbocycles. The van der Waals surface area contributed by atoms with Crippen molar-refractivity contribution in [3.05, 3.63) is 0 Å². The second-order valence-corrected chi connectivity index (χ2v) is 6.10. The average Bonchev–Trinajstić information content (AvgIpc) is 2.15. The molecule has 0 rings (SSSR count). The van der Waals surface area contributed by atoms with Gasteiger partial charge in [0, 0.05) is 6.26 Å². The normalized spacial score (nSPS) is 11.8. The van der Waals surface area contributed by atoms with Gasteiger partial charge in [-0.15, -0.1) is 0 Å². The summed E-state index contributed by atoms with van der Waals surface area (Å²) in [6, 6.07) is 0. The number of esters is 1. The zero-order valence-corrected chi connectivity index (χ0v) is 11.0. The van der Waals surface area contributed by atoms with Crippen LogP contribution in [0.1, 0.15) is 19.8 Å². The zero-order valence-electron chi connectivity index (χ0n) is 10.2. The van der Waals surface area contributed by atoms with E-state index < -0.39 is 9.84 Å². The van der Waals surface area contributed by atoms with Crippen LogP contribution in [0, 0.1) is 0 Å². The summed E-state index contributed by atoms with van der Waals surface area (Å²) in [5.74, 6) is -0.123. The largest absolute Gasteiger partial charge is 0.468 e. The quantitative estimate of drug-likeness (QED) is 0.581. The SMILES string of the molecule is CCCN(CCCS(C)(=O)=O)CC(=O)OC. The molecular weight excluding hydrogens is 230 g/mol. The molecule has 0 aromatic carbocycles. The molecule has 0 N–H and O–H groups in total. The second-order valence-electron chi connectivity index (χ2n) is 3.84. The molecule has 0 atom stereocenters. The Bertz CT molecular complexity index is 300. The summed E-state index contributed by atoms with van der Waals surface area (Å²) < 4.78 is 26.5. The lowest BCUT2D eigenvalue weighted by atomic mass is 10.3. The van der Waals surface area contributed by atoms with Gasteiger partial charge >= 0.3 is 5.97 Å². The van der Waals surface area contributed by atoms with Crippen molar-refractivity contribution in [3.63, 3.8) is 0 Å². The highest BCUT2D eigenvalue weighted by Gasteiger charge is 2.11. The third-order valence-electron chi connectivity index (χ3n) is 2.11. The molecule has 0 bridgehead atoms. The first-order valence-electron chi connectivity index (χ1n) is 5.36. The Balaban J connectivity index is 3.98. The maximum atomic E-state index is 11.1. The van der Waals surface area contributed by atoms with Gasteiger partial charge in [0.25, 0.3) is 0 Å². The van der Waals surface area contributed by atoms with Crippen molar-refractivity contribution in [1.82, 2.24) is 4.90 Å². The van der Waals surface area contributed by atoms with Crippen LogP contribution in [0.2, 0.25) is 0 Å². The highest BCUT2D eigenvalue weighted by molar-refractivity contribution is 7.90. The van der Waals surface area contributed by atoms with Gasteiger partial charge in [0.15, 0.2) is 0 Å². The third-order valence-corrected chi connectivity index (χ3v) is 3.14. The van der Waals surface area contributed by atoms with Gasteiger partial charge in [0.05, 0.1) is 19.4 Å². The molecule has 0 aliphatic carbocycles. The fraction of sp³-hybridized carbons (Fsp3) is 0.900. The molecule has 0 aliphatic rings. The lowest BCUT2D eigenvalue weighted by molar-refractivity contribution is -0.141. The van der Waals surface area contributed by atoms with E-state index in [9.17, 15) is 13.2 Å². The van der Waals surface area contributed by atoms with Crippen LogP contribution >= 0.6 is 0 Å². The molecule has 0 saturated heterocycles. The Kier molecular flexibility index (Phi) is 7.33. The van der Waals surface area contributed by atoms with Crippen LogP contribution in [0.5, 0.6) is 0 Å². The van der Waals surface area contributed by atoms with E-state index in [1.807, 2.05) is 11.8 Å². The van der Waals surface area contributed by atoms with Crippen LogP contribution in [0.3, 0.4) is 0 Å². The van der Waals surface area contributed by atoms with Crippen molar-refractivity contribution in [2.45, 2.75) is 19.8 Å². The molecule has 0 fully saturated rings. The predicted molar refractivity (Wildman–Crippen MR) is 63.1 cm³/mol. The number of hydrogen-bond donors (Lipinski definition) is 0. The number of nitrogens with zero attached hydrogens (tertiary/aromatic N) is 1. The number of carbonyl (C=O) groups is 1. The summed E-state index contributed by atoms with van der Waals surface area (Å²) in [5, 5.41) is 0. The summed E-state index contributed by atoms with van der Waals surface area (Å²) in [6.45, 7) is 3.63. The molecule has 0 amide bonds. The van der Waals surface area contributed by atoms with Gasteiger partial charge in [-0.05, 0) is 25.9 Å². The maximum absolute atomic E-state index is 11.1. The van der Waals surface area contributed by atoms with Gasteiger partial charge < -0.3 is 4.74 Å². The molecule has 0 aromatic rings. The molecule has 0 spiro atoms. The molecule has 96 valence electrons. The summed E-state index contributed by atoms with van der Waals surface area (Å²) in [7, 11) is -1.56. The molecule has 0 unspecified atom stereocenters. The van der Waals surface area contributed by atoms with E-state index in [2.05, 4.69) is 4.74 Å². The number of ether oxygens (including phenoxy) is 1. The summed E-state index contributed by atoms with van der Waals surface area (Å²) in [4.78, 5) is 13.0. The number of hydrogen-bond acceptors (Lipinski definition) is 5. The van der Waals surface area contributed by atoms with Gasteiger partial charge in [0.1, 0.15) is 9.84 Å². The molecule has 0 aliphatic heterocycles. The second kappa shape index (κ2) is 7.62. The fourth-order valence-electron chi connectivity index (χ4n) is 1.38. The van der Waals surface area contributed by atoms with Crippen molar-refractivity contribution in [2.24, 2.45) is 0 Å². The van der Waals surface area contributed by atoms with Crippen molar-refractivity contribution in [2.75, 3.05) is 38.8 Å². The lowest BCUT2D eigenvalue weighted by Gasteiger charge is -2.19. The predicted octanol–water partition coefficient (Wildman–Crippen LogP) is 0.306. The van der Waals surface area contributed by atoms with Crippen molar-refractivity contribution in [1.29, 1.82) is 0 Å². The van der Waals surface area contributed by atoms with Crippen LogP contribution in [0.4, 0.5) is 0 Å². The third kappa shape index (κ3) is 8.67. The highest BCUT2D eigenvalue weighted by Crippen LogP contribution is 1.97. The number of carbonyl (C=O) groups excluding carboxylic acids is 1. The smallest absolute Gasteiger partial charge is 0.319 e. The molecule has 16 heavy (non-hydrogen) atoms. The van der Waals surface area contributed by atoms with Gasteiger partial charge in [-0.25, -0.2) is 8.42 Å². The molecular formula is C10H21NO4S. The van der Waals surface area contributed by atoms with Crippen molar-refractivity contribution < 1.29 is 17.9 Å². The van der Waals surface area contributed by atoms with E-state index in [0.717, 1.165) is 13.0 Å². The van der Waals surface area contributed by atoms with Crippen LogP contribution in [0.15, 0.2) is 0 Å². The van der Waals surface area contributed by atoms with E-state index in [1.54, 1.807) is 0 Å². The fourth-order valence-corrected chi connectivity index (χ4v) is 2.04. The molecule has 5 nitrogen and oxygen atoms in total. The minimum Gasteiger partial charge on any atom is -0.468 e. The Morgan fingerprint density at radius 3 is 2.38 bits per heavy atom. The number of rotatable bonds is 8. The number of sulfone groups is 1. The maximum Gasteiger partial charge on any atom is 0.319 e. The van der Waals surface area contributed by atoms with E-state index in [-0.39, 0.29) is 18.3 Å². The molecule has 0 aromatic heterocycles. The van der Waals surface area contributed by atoms with Crippen LogP contribution < -0.4 is 0 Å². The zero-order chi connectivity index (χ0) is 12.6. The summed E-state index contributed by atoms with van der Waals surface area (Å²) in [6.07, 6.45) is 2.70. The standard InChI is InChI=1S/C10H21NO4S/c1-4-6-11(9-10(12)15-2)7-5-8-16(3,13)14/h4-9H2,1-3H3.